The van der Waals surface area contributed by atoms with Crippen molar-refractivity contribution in [1.29, 1.82) is 0 Å². The molecule has 2 saturated carbocycles. The lowest BCUT2D eigenvalue weighted by molar-refractivity contribution is -0.144. The Morgan fingerprint density at radius 1 is 1.24 bits per heavy atom. The van der Waals surface area contributed by atoms with Gasteiger partial charge in [0.2, 0.25) is 5.91 Å². The lowest BCUT2D eigenvalue weighted by atomic mass is 9.81. The monoisotopic (exact) mass is 239 g/mol. The average Bonchev–Trinajstić information content (AvgIpc) is 2.86. The second-order valence-electron chi connectivity index (χ2n) is 6.15. The number of amides is 1. The Balaban J connectivity index is 1.85. The van der Waals surface area contributed by atoms with Crippen molar-refractivity contribution in [2.45, 2.75) is 52.0 Å². The second-order valence-corrected chi connectivity index (χ2v) is 6.15. The highest BCUT2D eigenvalue weighted by molar-refractivity contribution is 5.80. The van der Waals surface area contributed by atoms with Gasteiger partial charge in [-0.15, -0.1) is 0 Å². The zero-order valence-electron chi connectivity index (χ0n) is 10.5. The highest BCUT2D eigenvalue weighted by Gasteiger charge is 2.47. The highest BCUT2D eigenvalue weighted by atomic mass is 16.4. The number of carboxylic acid groups (broad SMARTS) is 1. The van der Waals surface area contributed by atoms with Gasteiger partial charge in [-0.25, -0.2) is 0 Å². The Bertz CT molecular complexity index is 338. The molecule has 2 aliphatic rings. The van der Waals surface area contributed by atoms with Crippen LogP contribution in [0.15, 0.2) is 0 Å². The fourth-order valence-corrected chi connectivity index (χ4v) is 2.66. The molecular weight excluding hydrogens is 218 g/mol. The van der Waals surface area contributed by atoms with Gasteiger partial charge in [0.25, 0.3) is 0 Å². The summed E-state index contributed by atoms with van der Waals surface area (Å²) in [5.41, 5.74) is 0.233. The number of nitrogens with one attached hydrogen (secondary N) is 1. The third-order valence-corrected chi connectivity index (χ3v) is 4.22. The summed E-state index contributed by atoms with van der Waals surface area (Å²) >= 11 is 0. The molecule has 2 N–H and O–H groups in total. The number of hydrogen-bond acceptors (Lipinski definition) is 2. The molecule has 17 heavy (non-hydrogen) atoms. The predicted molar refractivity (Wildman–Crippen MR) is 63.4 cm³/mol. The van der Waals surface area contributed by atoms with E-state index in [1.54, 1.807) is 0 Å². The van der Waals surface area contributed by atoms with Crippen molar-refractivity contribution in [3.05, 3.63) is 0 Å². The third kappa shape index (κ3) is 2.79. The Morgan fingerprint density at radius 2 is 1.82 bits per heavy atom. The van der Waals surface area contributed by atoms with Gasteiger partial charge in [0.1, 0.15) is 0 Å². The molecular formula is C13H21NO3. The van der Waals surface area contributed by atoms with E-state index in [4.69, 9.17) is 5.11 Å². The standard InChI is InChI=1S/C13H21NO3/c1-13(2)7-10(13)14-11(15)8-4-3-5-9(6-8)12(16)17/h8-10H,3-7H2,1-2H3,(H,14,15)(H,16,17). The van der Waals surface area contributed by atoms with Gasteiger partial charge < -0.3 is 10.4 Å². The van der Waals surface area contributed by atoms with Crippen LogP contribution in [0.4, 0.5) is 0 Å². The van der Waals surface area contributed by atoms with Crippen LogP contribution in [0.25, 0.3) is 0 Å². The van der Waals surface area contributed by atoms with Crippen molar-refractivity contribution in [3.8, 4) is 0 Å². The molecule has 0 saturated heterocycles. The summed E-state index contributed by atoms with van der Waals surface area (Å²) in [6.45, 7) is 4.28. The molecule has 2 fully saturated rings. The van der Waals surface area contributed by atoms with Gasteiger partial charge in [-0.3, -0.25) is 9.59 Å². The Labute approximate surface area is 102 Å². The number of carboxylic acids is 1. The molecule has 0 aliphatic heterocycles. The highest BCUT2D eigenvalue weighted by Crippen LogP contribution is 2.45. The summed E-state index contributed by atoms with van der Waals surface area (Å²) < 4.78 is 0. The van der Waals surface area contributed by atoms with E-state index in [1.807, 2.05) is 0 Å². The molecule has 0 aromatic rings. The molecule has 0 heterocycles. The van der Waals surface area contributed by atoms with E-state index in [0.29, 0.717) is 18.9 Å². The molecule has 2 aliphatic carbocycles. The molecule has 0 bridgehead atoms. The topological polar surface area (TPSA) is 66.4 Å². The summed E-state index contributed by atoms with van der Waals surface area (Å²) in [5.74, 6) is -1.12. The molecule has 3 unspecified atom stereocenters. The molecule has 0 aromatic carbocycles. The first-order valence-corrected chi connectivity index (χ1v) is 6.43. The molecule has 0 spiro atoms. The number of rotatable bonds is 3. The lowest BCUT2D eigenvalue weighted by Gasteiger charge is -2.26. The van der Waals surface area contributed by atoms with Crippen LogP contribution in [0.3, 0.4) is 0 Å². The average molecular weight is 239 g/mol. The summed E-state index contributed by atoms with van der Waals surface area (Å²) in [4.78, 5) is 22.9. The summed E-state index contributed by atoms with van der Waals surface area (Å²) in [5, 5.41) is 12.0. The van der Waals surface area contributed by atoms with Crippen molar-refractivity contribution in [2.75, 3.05) is 0 Å². The van der Waals surface area contributed by atoms with Crippen LogP contribution in [0.1, 0.15) is 46.0 Å². The van der Waals surface area contributed by atoms with Gasteiger partial charge in [0.05, 0.1) is 5.92 Å². The van der Waals surface area contributed by atoms with Gasteiger partial charge >= 0.3 is 5.97 Å². The maximum atomic E-state index is 12.0. The Morgan fingerprint density at radius 3 is 2.35 bits per heavy atom. The second kappa shape index (κ2) is 4.31. The van der Waals surface area contributed by atoms with E-state index in [1.165, 1.54) is 0 Å². The number of carbonyl (C=O) groups is 2. The van der Waals surface area contributed by atoms with Gasteiger partial charge in [0.15, 0.2) is 0 Å². The Kier molecular flexibility index (Phi) is 3.15. The van der Waals surface area contributed by atoms with Crippen LogP contribution in [-0.4, -0.2) is 23.0 Å². The van der Waals surface area contributed by atoms with Crippen LogP contribution < -0.4 is 5.32 Å². The minimum absolute atomic E-state index is 0.0616. The fourth-order valence-electron chi connectivity index (χ4n) is 2.66. The van der Waals surface area contributed by atoms with Crippen LogP contribution >= 0.6 is 0 Å². The minimum Gasteiger partial charge on any atom is -0.481 e. The molecule has 4 nitrogen and oxygen atoms in total. The number of aliphatic carboxylic acids is 1. The van der Waals surface area contributed by atoms with Gasteiger partial charge in [-0.1, -0.05) is 20.3 Å². The quantitative estimate of drug-likeness (QED) is 0.789. The largest absolute Gasteiger partial charge is 0.481 e. The van der Waals surface area contributed by atoms with E-state index >= 15 is 0 Å². The lowest BCUT2D eigenvalue weighted by Crippen LogP contribution is -2.37. The van der Waals surface area contributed by atoms with Crippen molar-refractivity contribution in [1.82, 2.24) is 5.32 Å². The molecule has 96 valence electrons. The molecule has 1 amide bonds. The van der Waals surface area contributed by atoms with Crippen molar-refractivity contribution < 1.29 is 14.7 Å². The van der Waals surface area contributed by atoms with E-state index < -0.39 is 5.97 Å². The normalized spacial score (nSPS) is 35.1. The third-order valence-electron chi connectivity index (χ3n) is 4.22. The summed E-state index contributed by atoms with van der Waals surface area (Å²) in [7, 11) is 0. The fraction of sp³-hybridized carbons (Fsp3) is 0.846. The summed E-state index contributed by atoms with van der Waals surface area (Å²) in [6.07, 6.45) is 3.95. The minimum atomic E-state index is -0.755. The van der Waals surface area contributed by atoms with Gasteiger partial charge in [0, 0.05) is 12.0 Å². The first-order chi connectivity index (χ1) is 7.90. The Hall–Kier alpha value is -1.06. The molecule has 0 aromatic heterocycles. The first-order valence-electron chi connectivity index (χ1n) is 6.43. The van der Waals surface area contributed by atoms with E-state index in [0.717, 1.165) is 19.3 Å². The zero-order chi connectivity index (χ0) is 12.6. The van der Waals surface area contributed by atoms with Crippen LogP contribution in [-0.2, 0) is 9.59 Å². The predicted octanol–water partition coefficient (Wildman–Crippen LogP) is 1.79. The van der Waals surface area contributed by atoms with Gasteiger partial charge in [-0.2, -0.15) is 0 Å². The van der Waals surface area contributed by atoms with Crippen LogP contribution in [0.5, 0.6) is 0 Å². The maximum absolute atomic E-state index is 12.0. The first kappa shape index (κ1) is 12.4. The molecule has 3 atom stereocenters. The van der Waals surface area contributed by atoms with Crippen molar-refractivity contribution in [2.24, 2.45) is 17.3 Å². The number of carbonyl (C=O) groups excluding carboxylic acids is 1. The van der Waals surface area contributed by atoms with Crippen molar-refractivity contribution >= 4 is 11.9 Å². The zero-order valence-corrected chi connectivity index (χ0v) is 10.5. The molecule has 4 heteroatoms. The van der Waals surface area contributed by atoms with E-state index in [2.05, 4.69) is 19.2 Å². The van der Waals surface area contributed by atoms with E-state index in [-0.39, 0.29) is 23.2 Å². The smallest absolute Gasteiger partial charge is 0.306 e. The maximum Gasteiger partial charge on any atom is 0.306 e. The van der Waals surface area contributed by atoms with Crippen LogP contribution in [0, 0.1) is 17.3 Å². The summed E-state index contributed by atoms with van der Waals surface area (Å²) in [6, 6.07) is 0.292. The van der Waals surface area contributed by atoms with Gasteiger partial charge in [-0.05, 0) is 31.1 Å². The van der Waals surface area contributed by atoms with Crippen LogP contribution in [0.2, 0.25) is 0 Å². The molecule has 2 rings (SSSR count). The SMILES string of the molecule is CC1(C)CC1NC(=O)C1CCCC(C(=O)O)C1. The molecule has 0 radical (unpaired) electrons. The number of hydrogen-bond donors (Lipinski definition) is 2. The van der Waals surface area contributed by atoms with E-state index in [9.17, 15) is 9.59 Å². The van der Waals surface area contributed by atoms with Crippen molar-refractivity contribution in [3.63, 3.8) is 0 Å².